The van der Waals surface area contributed by atoms with Gasteiger partial charge in [-0.3, -0.25) is 14.8 Å². The molecule has 25 heavy (non-hydrogen) atoms. The van der Waals surface area contributed by atoms with Crippen LogP contribution in [0, 0.1) is 0 Å². The number of allylic oxidation sites excluding steroid dienone is 1. The monoisotopic (exact) mass is 333 g/mol. The molecule has 3 aromatic rings. The van der Waals surface area contributed by atoms with Crippen molar-refractivity contribution in [1.82, 2.24) is 24.7 Å². The number of fused-ring (bicyclic) bond motifs is 1. The molecule has 1 aliphatic heterocycles. The topological polar surface area (TPSA) is 97.6 Å². The van der Waals surface area contributed by atoms with E-state index in [1.807, 2.05) is 19.1 Å². The Hall–Kier alpha value is -3.55. The molecule has 0 fully saturated rings. The minimum Gasteiger partial charge on any atom is -0.328 e. The summed E-state index contributed by atoms with van der Waals surface area (Å²) < 4.78 is 1.68. The Bertz CT molecular complexity index is 934. The highest BCUT2D eigenvalue weighted by atomic mass is 16.1. The molecule has 3 aromatic heterocycles. The molecule has 0 radical (unpaired) electrons. The minimum atomic E-state index is -0.413. The molecule has 1 atom stereocenters. The lowest BCUT2D eigenvalue weighted by atomic mass is 9.96. The summed E-state index contributed by atoms with van der Waals surface area (Å²) in [4.78, 5) is 25.4. The van der Waals surface area contributed by atoms with Gasteiger partial charge >= 0.3 is 0 Å². The molecule has 0 saturated heterocycles. The van der Waals surface area contributed by atoms with Gasteiger partial charge in [0.25, 0.3) is 5.91 Å². The van der Waals surface area contributed by atoms with Gasteiger partial charge in [0.1, 0.15) is 12.4 Å². The van der Waals surface area contributed by atoms with E-state index in [9.17, 15) is 4.79 Å². The predicted octanol–water partition coefficient (Wildman–Crippen LogP) is 2.00. The van der Waals surface area contributed by atoms with E-state index in [4.69, 9.17) is 0 Å². The van der Waals surface area contributed by atoms with Crippen molar-refractivity contribution in [2.75, 3.05) is 10.6 Å². The highest BCUT2D eigenvalue weighted by Crippen LogP contribution is 2.34. The number of nitrogens with one attached hydrogen (secondary N) is 2. The third-order valence-electron chi connectivity index (χ3n) is 3.96. The Morgan fingerprint density at radius 1 is 1.20 bits per heavy atom. The van der Waals surface area contributed by atoms with Gasteiger partial charge in [-0.05, 0) is 30.7 Å². The summed E-state index contributed by atoms with van der Waals surface area (Å²) in [5.74, 6) is 0.359. The lowest BCUT2D eigenvalue weighted by Gasteiger charge is -2.28. The lowest BCUT2D eigenvalue weighted by Crippen LogP contribution is -2.31. The second kappa shape index (κ2) is 6.16. The molecule has 2 N–H and O–H groups in total. The fourth-order valence-electron chi connectivity index (χ4n) is 2.87. The first-order valence-electron chi connectivity index (χ1n) is 7.72. The quantitative estimate of drug-likeness (QED) is 0.761. The van der Waals surface area contributed by atoms with Crippen molar-refractivity contribution in [1.29, 1.82) is 0 Å². The average Bonchev–Trinajstić information content (AvgIpc) is 3.10. The van der Waals surface area contributed by atoms with Gasteiger partial charge in [-0.25, -0.2) is 4.68 Å². The van der Waals surface area contributed by atoms with Gasteiger partial charge in [-0.2, -0.15) is 10.1 Å². The molecule has 0 aliphatic carbocycles. The van der Waals surface area contributed by atoms with E-state index in [2.05, 4.69) is 30.7 Å². The van der Waals surface area contributed by atoms with Crippen LogP contribution in [0.5, 0.6) is 0 Å². The Morgan fingerprint density at radius 3 is 2.72 bits per heavy atom. The first-order chi connectivity index (χ1) is 12.2. The second-order valence-corrected chi connectivity index (χ2v) is 5.58. The van der Waals surface area contributed by atoms with Gasteiger partial charge in [-0.1, -0.05) is 6.07 Å². The molecule has 124 valence electrons. The van der Waals surface area contributed by atoms with Crippen LogP contribution in [0.2, 0.25) is 0 Å². The Kier molecular flexibility index (Phi) is 3.70. The molecule has 0 spiro atoms. The van der Waals surface area contributed by atoms with Crippen LogP contribution in [0.25, 0.3) is 0 Å². The third-order valence-corrected chi connectivity index (χ3v) is 3.96. The first-order valence-corrected chi connectivity index (χ1v) is 7.72. The summed E-state index contributed by atoms with van der Waals surface area (Å²) in [7, 11) is 0. The van der Waals surface area contributed by atoms with Crippen LogP contribution < -0.4 is 10.6 Å². The van der Waals surface area contributed by atoms with Crippen LogP contribution in [-0.2, 0) is 4.79 Å². The number of carbonyl (C=O) groups is 1. The zero-order valence-electron chi connectivity index (χ0n) is 13.4. The Labute approximate surface area is 143 Å². The number of nitrogens with zero attached hydrogens (tertiary/aromatic N) is 5. The maximum absolute atomic E-state index is 13.0. The molecule has 1 aliphatic rings. The number of pyridine rings is 2. The maximum atomic E-state index is 13.0. The lowest BCUT2D eigenvalue weighted by molar-refractivity contribution is -0.113. The summed E-state index contributed by atoms with van der Waals surface area (Å²) in [6.45, 7) is 1.85. The van der Waals surface area contributed by atoms with Crippen molar-refractivity contribution < 1.29 is 4.79 Å². The fraction of sp³-hybridized carbons (Fsp3) is 0.118. The van der Waals surface area contributed by atoms with Crippen molar-refractivity contribution in [2.24, 2.45) is 0 Å². The van der Waals surface area contributed by atoms with Gasteiger partial charge in [0.2, 0.25) is 5.95 Å². The summed E-state index contributed by atoms with van der Waals surface area (Å²) in [5, 5.41) is 10.3. The largest absolute Gasteiger partial charge is 0.328 e. The number of carbonyl (C=O) groups excluding carboxylic acids is 1. The zero-order chi connectivity index (χ0) is 17.2. The molecule has 1 amide bonds. The molecule has 4 heterocycles. The third kappa shape index (κ3) is 2.74. The van der Waals surface area contributed by atoms with E-state index in [0.29, 0.717) is 17.2 Å². The van der Waals surface area contributed by atoms with Crippen molar-refractivity contribution >= 4 is 17.5 Å². The van der Waals surface area contributed by atoms with Crippen molar-refractivity contribution in [3.63, 3.8) is 0 Å². The van der Waals surface area contributed by atoms with Crippen LogP contribution in [0.4, 0.5) is 11.6 Å². The first kappa shape index (κ1) is 15.0. The van der Waals surface area contributed by atoms with Crippen LogP contribution >= 0.6 is 0 Å². The Morgan fingerprint density at radius 2 is 2.00 bits per heavy atom. The highest BCUT2D eigenvalue weighted by Gasteiger charge is 2.33. The molecule has 8 heteroatoms. The van der Waals surface area contributed by atoms with Crippen molar-refractivity contribution in [3.05, 3.63) is 72.2 Å². The van der Waals surface area contributed by atoms with Crippen molar-refractivity contribution in [3.8, 4) is 0 Å². The van der Waals surface area contributed by atoms with Crippen LogP contribution in [0.1, 0.15) is 18.5 Å². The van der Waals surface area contributed by atoms with Gasteiger partial charge in [0.05, 0.1) is 17.5 Å². The van der Waals surface area contributed by atoms with E-state index >= 15 is 0 Å². The number of aromatic nitrogens is 5. The van der Waals surface area contributed by atoms with Crippen LogP contribution in [0.15, 0.2) is 66.7 Å². The molecule has 8 nitrogen and oxygen atoms in total. The number of rotatable bonds is 3. The predicted molar refractivity (Wildman–Crippen MR) is 91.6 cm³/mol. The van der Waals surface area contributed by atoms with Crippen LogP contribution in [0.3, 0.4) is 0 Å². The van der Waals surface area contributed by atoms with Gasteiger partial charge in [0.15, 0.2) is 0 Å². The van der Waals surface area contributed by atoms with E-state index in [1.54, 1.807) is 41.6 Å². The summed E-state index contributed by atoms with van der Waals surface area (Å²) >= 11 is 0. The number of hydrogen-bond donors (Lipinski definition) is 2. The summed E-state index contributed by atoms with van der Waals surface area (Å²) in [5.41, 5.74) is 2.75. The molecular formula is C17H15N7O. The van der Waals surface area contributed by atoms with E-state index in [-0.39, 0.29) is 5.91 Å². The Balaban J connectivity index is 1.77. The summed E-state index contributed by atoms with van der Waals surface area (Å²) in [6.07, 6.45) is 8.14. The highest BCUT2D eigenvalue weighted by molar-refractivity contribution is 6.05. The number of hydrogen-bond acceptors (Lipinski definition) is 6. The zero-order valence-corrected chi connectivity index (χ0v) is 13.4. The van der Waals surface area contributed by atoms with E-state index in [0.717, 1.165) is 11.3 Å². The molecule has 0 unspecified atom stereocenters. The summed E-state index contributed by atoms with van der Waals surface area (Å²) in [6, 6.07) is 6.89. The second-order valence-electron chi connectivity index (χ2n) is 5.58. The van der Waals surface area contributed by atoms with Gasteiger partial charge in [0, 0.05) is 24.3 Å². The SMILES string of the molecule is CC1=C(C(=O)Nc2cccnc2)[C@@H](c2cccnc2)n2ncnc2N1. The molecule has 0 saturated carbocycles. The number of anilines is 2. The normalized spacial score (nSPS) is 16.1. The number of amides is 1. The molecule has 0 bridgehead atoms. The van der Waals surface area contributed by atoms with E-state index < -0.39 is 6.04 Å². The van der Waals surface area contributed by atoms with Crippen LogP contribution in [-0.4, -0.2) is 30.6 Å². The molecule has 4 rings (SSSR count). The van der Waals surface area contributed by atoms with Gasteiger partial charge < -0.3 is 10.6 Å². The standard InChI is InChI=1S/C17H15N7O/c1-11-14(16(25)23-13-5-3-7-19-9-13)15(12-4-2-6-18-8-12)24-17(22-11)20-10-21-24/h2-10,15H,1H3,(H,23,25)(H,20,21,22)/t15-/m1/s1. The average molecular weight is 333 g/mol. The molecule has 0 aromatic carbocycles. The van der Waals surface area contributed by atoms with Gasteiger partial charge in [-0.15, -0.1) is 0 Å². The maximum Gasteiger partial charge on any atom is 0.255 e. The van der Waals surface area contributed by atoms with E-state index in [1.165, 1.54) is 6.33 Å². The fourth-order valence-corrected chi connectivity index (χ4v) is 2.87. The van der Waals surface area contributed by atoms with Crippen molar-refractivity contribution in [2.45, 2.75) is 13.0 Å². The molecular weight excluding hydrogens is 318 g/mol. The smallest absolute Gasteiger partial charge is 0.255 e. The minimum absolute atomic E-state index is 0.229.